The predicted molar refractivity (Wildman–Crippen MR) is 69.1 cm³/mol. The van der Waals surface area contributed by atoms with Crippen LogP contribution in [0.25, 0.3) is 0 Å². The summed E-state index contributed by atoms with van der Waals surface area (Å²) in [6.07, 6.45) is 1.41. The van der Waals surface area contributed by atoms with E-state index in [1.54, 1.807) is 0 Å². The van der Waals surface area contributed by atoms with E-state index in [0.29, 0.717) is 19.6 Å². The molecule has 0 bridgehead atoms. The highest BCUT2D eigenvalue weighted by Gasteiger charge is 2.23. The van der Waals surface area contributed by atoms with Gasteiger partial charge in [-0.1, -0.05) is 13.3 Å². The molecule has 0 aromatic rings. The zero-order valence-corrected chi connectivity index (χ0v) is 11.8. The van der Waals surface area contributed by atoms with Gasteiger partial charge in [0.1, 0.15) is 5.92 Å². The van der Waals surface area contributed by atoms with Gasteiger partial charge < -0.3 is 14.4 Å². The normalized spacial score (nSPS) is 11.5. The van der Waals surface area contributed by atoms with Crippen LogP contribution in [0, 0.1) is 17.2 Å². The van der Waals surface area contributed by atoms with Gasteiger partial charge >= 0.3 is 5.97 Å². The molecule has 0 aromatic heterocycles. The number of carbonyl (C=O) groups excluding carboxylic acids is 2. The zero-order valence-electron chi connectivity index (χ0n) is 11.8. The summed E-state index contributed by atoms with van der Waals surface area (Å²) >= 11 is 0. The van der Waals surface area contributed by atoms with Crippen molar-refractivity contribution in [2.45, 2.75) is 26.2 Å². The largest absolute Gasteiger partial charge is 0.469 e. The number of hydrogen-bond acceptors (Lipinski definition) is 5. The summed E-state index contributed by atoms with van der Waals surface area (Å²) in [6, 6.07) is 2.01. The second-order valence-electron chi connectivity index (χ2n) is 4.11. The molecule has 6 heteroatoms. The number of esters is 1. The summed E-state index contributed by atoms with van der Waals surface area (Å²) in [5.74, 6) is -1.27. The van der Waals surface area contributed by atoms with Gasteiger partial charge in [-0.05, 0) is 6.42 Å². The molecule has 0 aliphatic rings. The van der Waals surface area contributed by atoms with E-state index in [-0.39, 0.29) is 24.8 Å². The van der Waals surface area contributed by atoms with Gasteiger partial charge in [0.25, 0.3) is 0 Å². The molecule has 0 saturated heterocycles. The maximum absolute atomic E-state index is 12.2. The van der Waals surface area contributed by atoms with E-state index in [0.717, 1.165) is 6.42 Å². The van der Waals surface area contributed by atoms with Crippen LogP contribution in [0.5, 0.6) is 0 Å². The molecule has 0 radical (unpaired) electrons. The molecule has 0 saturated carbocycles. The highest BCUT2D eigenvalue weighted by molar-refractivity contribution is 5.81. The van der Waals surface area contributed by atoms with Crippen LogP contribution in [0.3, 0.4) is 0 Å². The van der Waals surface area contributed by atoms with E-state index < -0.39 is 5.92 Å². The van der Waals surface area contributed by atoms with Crippen LogP contribution in [-0.4, -0.2) is 50.7 Å². The number of hydrogen-bond donors (Lipinski definition) is 0. The molecule has 0 aliphatic heterocycles. The Balaban J connectivity index is 4.58. The Kier molecular flexibility index (Phi) is 9.45. The van der Waals surface area contributed by atoms with E-state index in [2.05, 4.69) is 4.74 Å². The fraction of sp³-hybridized carbons (Fsp3) is 0.769. The Bertz CT molecular complexity index is 325. The molecule has 0 N–H and O–H groups in total. The molecular formula is C13H22N2O4. The van der Waals surface area contributed by atoms with Crippen LogP contribution in [-0.2, 0) is 19.1 Å². The minimum atomic E-state index is -0.653. The van der Waals surface area contributed by atoms with Crippen molar-refractivity contribution >= 4 is 11.9 Å². The maximum atomic E-state index is 12.2. The number of nitriles is 1. The molecule has 0 spiro atoms. The lowest BCUT2D eigenvalue weighted by molar-refractivity contribution is -0.142. The third-order valence-electron chi connectivity index (χ3n) is 2.72. The number of rotatable bonds is 9. The van der Waals surface area contributed by atoms with Crippen molar-refractivity contribution in [2.75, 3.05) is 33.9 Å². The van der Waals surface area contributed by atoms with Crippen LogP contribution >= 0.6 is 0 Å². The van der Waals surface area contributed by atoms with E-state index in [9.17, 15) is 9.59 Å². The van der Waals surface area contributed by atoms with E-state index in [1.165, 1.54) is 19.1 Å². The lowest BCUT2D eigenvalue weighted by Crippen LogP contribution is -2.39. The van der Waals surface area contributed by atoms with E-state index in [1.807, 2.05) is 13.0 Å². The monoisotopic (exact) mass is 270 g/mol. The lowest BCUT2D eigenvalue weighted by atomic mass is 10.0. The Morgan fingerprint density at radius 1 is 1.32 bits per heavy atom. The summed E-state index contributed by atoms with van der Waals surface area (Å²) in [5.41, 5.74) is 0. The Labute approximate surface area is 114 Å². The van der Waals surface area contributed by atoms with Gasteiger partial charge in [-0.25, -0.2) is 0 Å². The lowest BCUT2D eigenvalue weighted by Gasteiger charge is -2.24. The van der Waals surface area contributed by atoms with Crippen molar-refractivity contribution < 1.29 is 19.1 Å². The molecule has 1 amide bonds. The van der Waals surface area contributed by atoms with Crippen molar-refractivity contribution in [3.05, 3.63) is 0 Å². The van der Waals surface area contributed by atoms with E-state index in [4.69, 9.17) is 10.00 Å². The van der Waals surface area contributed by atoms with Crippen LogP contribution in [0.15, 0.2) is 0 Å². The van der Waals surface area contributed by atoms with Crippen LogP contribution in [0.4, 0.5) is 0 Å². The van der Waals surface area contributed by atoms with Gasteiger partial charge in [0, 0.05) is 20.2 Å². The highest BCUT2D eigenvalue weighted by Crippen LogP contribution is 2.10. The molecule has 108 valence electrons. The van der Waals surface area contributed by atoms with Crippen LogP contribution < -0.4 is 0 Å². The number of ether oxygens (including phenoxy) is 2. The molecule has 0 aromatic carbocycles. The quantitative estimate of drug-likeness (QED) is 0.583. The first kappa shape index (κ1) is 17.4. The molecule has 0 fully saturated rings. The van der Waals surface area contributed by atoms with Gasteiger partial charge in [0.2, 0.25) is 5.91 Å². The van der Waals surface area contributed by atoms with Crippen molar-refractivity contribution in [3.8, 4) is 6.07 Å². The Morgan fingerprint density at radius 2 is 2.00 bits per heavy atom. The number of amides is 1. The minimum absolute atomic E-state index is 0.121. The van der Waals surface area contributed by atoms with Crippen LogP contribution in [0.1, 0.15) is 26.2 Å². The third kappa shape index (κ3) is 6.77. The summed E-state index contributed by atoms with van der Waals surface area (Å²) < 4.78 is 9.48. The van der Waals surface area contributed by atoms with Gasteiger partial charge in [0.15, 0.2) is 0 Å². The second kappa shape index (κ2) is 10.3. The number of nitrogens with zero attached hydrogens (tertiary/aromatic N) is 2. The van der Waals surface area contributed by atoms with Crippen molar-refractivity contribution in [1.82, 2.24) is 4.90 Å². The molecular weight excluding hydrogens is 248 g/mol. The fourth-order valence-electron chi connectivity index (χ4n) is 1.61. The topological polar surface area (TPSA) is 79.6 Å². The summed E-state index contributed by atoms with van der Waals surface area (Å²) in [4.78, 5) is 24.8. The molecule has 0 heterocycles. The Morgan fingerprint density at radius 3 is 2.47 bits per heavy atom. The molecule has 1 unspecified atom stereocenters. The SMILES string of the molecule is CCCC(C#N)C(=O)N(CCOC)CCC(=O)OC. The fourth-order valence-corrected chi connectivity index (χ4v) is 1.61. The number of carbonyl (C=O) groups is 2. The first-order chi connectivity index (χ1) is 9.10. The highest BCUT2D eigenvalue weighted by atomic mass is 16.5. The van der Waals surface area contributed by atoms with Crippen molar-refractivity contribution in [2.24, 2.45) is 5.92 Å². The first-order valence-electron chi connectivity index (χ1n) is 6.34. The standard InChI is InChI=1S/C13H22N2O4/c1-4-5-11(10-14)13(17)15(8-9-18-2)7-6-12(16)19-3/h11H,4-9H2,1-3H3. The van der Waals surface area contributed by atoms with Gasteiger partial charge in [0.05, 0.1) is 26.2 Å². The molecule has 19 heavy (non-hydrogen) atoms. The third-order valence-corrected chi connectivity index (χ3v) is 2.72. The number of methoxy groups -OCH3 is 2. The average molecular weight is 270 g/mol. The second-order valence-corrected chi connectivity index (χ2v) is 4.11. The van der Waals surface area contributed by atoms with Gasteiger partial charge in [-0.2, -0.15) is 5.26 Å². The zero-order chi connectivity index (χ0) is 14.7. The maximum Gasteiger partial charge on any atom is 0.307 e. The van der Waals surface area contributed by atoms with Gasteiger partial charge in [-0.15, -0.1) is 0 Å². The van der Waals surface area contributed by atoms with Gasteiger partial charge in [-0.3, -0.25) is 9.59 Å². The molecule has 0 rings (SSSR count). The van der Waals surface area contributed by atoms with Crippen LogP contribution in [0.2, 0.25) is 0 Å². The summed E-state index contributed by atoms with van der Waals surface area (Å²) in [7, 11) is 2.84. The summed E-state index contributed by atoms with van der Waals surface area (Å²) in [5, 5.41) is 9.01. The van der Waals surface area contributed by atoms with E-state index >= 15 is 0 Å². The summed E-state index contributed by atoms with van der Waals surface area (Å²) in [6.45, 7) is 2.91. The molecule has 1 atom stereocenters. The molecule has 6 nitrogen and oxygen atoms in total. The smallest absolute Gasteiger partial charge is 0.307 e. The van der Waals surface area contributed by atoms with Crippen molar-refractivity contribution in [3.63, 3.8) is 0 Å². The average Bonchev–Trinajstić information content (AvgIpc) is 2.43. The predicted octanol–water partition coefficient (Wildman–Crippen LogP) is 0.964. The minimum Gasteiger partial charge on any atom is -0.469 e. The first-order valence-corrected chi connectivity index (χ1v) is 6.34. The van der Waals surface area contributed by atoms with Crippen molar-refractivity contribution in [1.29, 1.82) is 5.26 Å². The molecule has 0 aliphatic carbocycles. The Hall–Kier alpha value is -1.61.